The van der Waals surface area contributed by atoms with Crippen LogP contribution < -0.4 is 5.73 Å². The highest BCUT2D eigenvalue weighted by molar-refractivity contribution is 7.98. The maximum Gasteiger partial charge on any atom is 0.217 e. The standard InChI is InChI=1S/C10H18N4OS/c1-7(2)6-14-9(5-4-8(11)15)12-13-10(14)16-3/h7H,4-6H2,1-3H3,(H2,11,15). The van der Waals surface area contributed by atoms with Crippen LogP contribution in [-0.4, -0.2) is 26.9 Å². The number of thioether (sulfide) groups is 1. The van der Waals surface area contributed by atoms with Gasteiger partial charge in [0.1, 0.15) is 5.82 Å². The number of rotatable bonds is 6. The summed E-state index contributed by atoms with van der Waals surface area (Å²) in [6.07, 6.45) is 2.86. The van der Waals surface area contributed by atoms with E-state index in [1.54, 1.807) is 11.8 Å². The van der Waals surface area contributed by atoms with Crippen molar-refractivity contribution in [2.75, 3.05) is 6.26 Å². The minimum Gasteiger partial charge on any atom is -0.370 e. The van der Waals surface area contributed by atoms with Crippen molar-refractivity contribution in [1.82, 2.24) is 14.8 Å². The molecule has 0 atom stereocenters. The van der Waals surface area contributed by atoms with Crippen LogP contribution in [0.2, 0.25) is 0 Å². The Hall–Kier alpha value is -1.04. The largest absolute Gasteiger partial charge is 0.370 e. The fraction of sp³-hybridized carbons (Fsp3) is 0.700. The van der Waals surface area contributed by atoms with Crippen molar-refractivity contribution >= 4 is 17.7 Å². The summed E-state index contributed by atoms with van der Waals surface area (Å²) < 4.78 is 2.07. The maximum atomic E-state index is 10.7. The molecule has 0 unspecified atom stereocenters. The second-order valence-electron chi connectivity index (χ2n) is 4.07. The molecule has 0 bridgehead atoms. The summed E-state index contributed by atoms with van der Waals surface area (Å²) in [5.74, 6) is 1.07. The van der Waals surface area contributed by atoms with Gasteiger partial charge in [-0.05, 0) is 12.2 Å². The van der Waals surface area contributed by atoms with Crippen molar-refractivity contribution < 1.29 is 4.79 Å². The average Bonchev–Trinajstić information content (AvgIpc) is 2.56. The Labute approximate surface area is 99.8 Å². The lowest BCUT2D eigenvalue weighted by Crippen LogP contribution is -2.15. The summed E-state index contributed by atoms with van der Waals surface area (Å²) >= 11 is 1.57. The second-order valence-corrected chi connectivity index (χ2v) is 4.85. The van der Waals surface area contributed by atoms with Gasteiger partial charge in [-0.15, -0.1) is 10.2 Å². The van der Waals surface area contributed by atoms with E-state index in [9.17, 15) is 4.79 Å². The number of hydrogen-bond acceptors (Lipinski definition) is 4. The van der Waals surface area contributed by atoms with Gasteiger partial charge in [0, 0.05) is 19.4 Å². The van der Waals surface area contributed by atoms with Crippen LogP contribution in [0.5, 0.6) is 0 Å². The zero-order chi connectivity index (χ0) is 12.1. The van der Waals surface area contributed by atoms with Crippen molar-refractivity contribution in [3.05, 3.63) is 5.82 Å². The Kier molecular flexibility index (Phi) is 4.79. The maximum absolute atomic E-state index is 10.7. The Morgan fingerprint density at radius 2 is 2.19 bits per heavy atom. The molecule has 1 aromatic heterocycles. The SMILES string of the molecule is CSc1nnc(CCC(N)=O)n1CC(C)C. The van der Waals surface area contributed by atoms with Crippen LogP contribution in [0.1, 0.15) is 26.1 Å². The number of carbonyl (C=O) groups is 1. The molecule has 0 saturated heterocycles. The summed E-state index contributed by atoms with van der Waals surface area (Å²) in [7, 11) is 0. The van der Waals surface area contributed by atoms with Crippen LogP contribution in [0, 0.1) is 5.92 Å². The predicted molar refractivity (Wildman–Crippen MR) is 64.2 cm³/mol. The second kappa shape index (κ2) is 5.89. The molecule has 0 saturated carbocycles. The molecule has 0 aromatic carbocycles. The summed E-state index contributed by atoms with van der Waals surface area (Å²) in [4.78, 5) is 10.7. The first kappa shape index (κ1) is 13.0. The number of hydrogen-bond donors (Lipinski definition) is 1. The van der Waals surface area contributed by atoms with Crippen molar-refractivity contribution in [2.45, 2.75) is 38.4 Å². The van der Waals surface area contributed by atoms with E-state index < -0.39 is 0 Å². The molecule has 0 spiro atoms. The van der Waals surface area contributed by atoms with Gasteiger partial charge in [-0.2, -0.15) is 0 Å². The summed E-state index contributed by atoms with van der Waals surface area (Å²) in [5, 5.41) is 9.08. The molecular formula is C10H18N4OS. The molecule has 1 heterocycles. The third-order valence-electron chi connectivity index (χ3n) is 2.12. The van der Waals surface area contributed by atoms with E-state index in [1.165, 1.54) is 0 Å². The monoisotopic (exact) mass is 242 g/mol. The van der Waals surface area contributed by atoms with Crippen LogP contribution in [-0.2, 0) is 17.8 Å². The van der Waals surface area contributed by atoms with E-state index in [0.717, 1.165) is 17.5 Å². The van der Waals surface area contributed by atoms with Gasteiger partial charge in [-0.25, -0.2) is 0 Å². The smallest absolute Gasteiger partial charge is 0.217 e. The first-order valence-electron chi connectivity index (χ1n) is 5.29. The van der Waals surface area contributed by atoms with Crippen LogP contribution in [0.4, 0.5) is 0 Å². The highest BCUT2D eigenvalue weighted by atomic mass is 32.2. The zero-order valence-corrected chi connectivity index (χ0v) is 10.8. The van der Waals surface area contributed by atoms with E-state index in [4.69, 9.17) is 5.73 Å². The minimum absolute atomic E-state index is 0.301. The normalized spacial score (nSPS) is 11.0. The van der Waals surface area contributed by atoms with Gasteiger partial charge in [-0.1, -0.05) is 25.6 Å². The first-order chi connectivity index (χ1) is 7.54. The van der Waals surface area contributed by atoms with E-state index in [2.05, 4.69) is 28.6 Å². The Morgan fingerprint density at radius 1 is 1.50 bits per heavy atom. The molecule has 5 nitrogen and oxygen atoms in total. The van der Waals surface area contributed by atoms with Crippen LogP contribution in [0.15, 0.2) is 5.16 Å². The number of nitrogens with zero attached hydrogens (tertiary/aromatic N) is 3. The molecule has 90 valence electrons. The van der Waals surface area contributed by atoms with E-state index in [-0.39, 0.29) is 5.91 Å². The van der Waals surface area contributed by atoms with E-state index in [1.807, 2.05) is 6.26 Å². The number of aromatic nitrogens is 3. The number of amides is 1. The predicted octanol–water partition coefficient (Wildman–Crippen LogP) is 1.07. The summed E-state index contributed by atoms with van der Waals surface area (Å²) in [6.45, 7) is 5.15. The topological polar surface area (TPSA) is 73.8 Å². The van der Waals surface area contributed by atoms with Crippen molar-refractivity contribution in [3.8, 4) is 0 Å². The summed E-state index contributed by atoms with van der Waals surface area (Å²) in [6, 6.07) is 0. The Balaban J connectivity index is 2.82. The van der Waals surface area contributed by atoms with Crippen molar-refractivity contribution in [3.63, 3.8) is 0 Å². The molecule has 2 N–H and O–H groups in total. The van der Waals surface area contributed by atoms with Crippen LogP contribution in [0.3, 0.4) is 0 Å². The average molecular weight is 242 g/mol. The van der Waals surface area contributed by atoms with Gasteiger partial charge < -0.3 is 10.3 Å². The van der Waals surface area contributed by atoms with Gasteiger partial charge in [0.2, 0.25) is 5.91 Å². The third kappa shape index (κ3) is 3.52. The Morgan fingerprint density at radius 3 is 2.69 bits per heavy atom. The molecule has 0 radical (unpaired) electrons. The number of carbonyl (C=O) groups excluding carboxylic acids is 1. The van der Waals surface area contributed by atoms with Crippen molar-refractivity contribution in [2.24, 2.45) is 11.7 Å². The Bertz CT molecular complexity index is 362. The van der Waals surface area contributed by atoms with Gasteiger partial charge >= 0.3 is 0 Å². The lowest BCUT2D eigenvalue weighted by atomic mass is 10.2. The molecule has 1 aromatic rings. The molecule has 1 rings (SSSR count). The minimum atomic E-state index is -0.301. The van der Waals surface area contributed by atoms with Crippen LogP contribution in [0.25, 0.3) is 0 Å². The number of primary amides is 1. The number of nitrogens with two attached hydrogens (primary N) is 1. The molecule has 1 amide bonds. The summed E-state index contributed by atoms with van der Waals surface area (Å²) in [5.41, 5.74) is 5.13. The van der Waals surface area contributed by atoms with Crippen LogP contribution >= 0.6 is 11.8 Å². The first-order valence-corrected chi connectivity index (χ1v) is 6.51. The molecule has 0 aliphatic rings. The quantitative estimate of drug-likeness (QED) is 0.757. The molecule has 0 aliphatic heterocycles. The highest BCUT2D eigenvalue weighted by Gasteiger charge is 2.12. The molecule has 16 heavy (non-hydrogen) atoms. The lowest BCUT2D eigenvalue weighted by molar-refractivity contribution is -0.118. The van der Waals surface area contributed by atoms with E-state index >= 15 is 0 Å². The van der Waals surface area contributed by atoms with Crippen molar-refractivity contribution in [1.29, 1.82) is 0 Å². The molecule has 0 fully saturated rings. The zero-order valence-electron chi connectivity index (χ0n) is 9.93. The number of aryl methyl sites for hydroxylation is 1. The van der Waals surface area contributed by atoms with E-state index in [0.29, 0.717) is 18.8 Å². The van der Waals surface area contributed by atoms with Gasteiger partial charge in [0.05, 0.1) is 0 Å². The molecule has 6 heteroatoms. The fourth-order valence-electron chi connectivity index (χ4n) is 1.44. The molecular weight excluding hydrogens is 224 g/mol. The molecule has 0 aliphatic carbocycles. The van der Waals surface area contributed by atoms with Gasteiger partial charge in [0.15, 0.2) is 5.16 Å². The van der Waals surface area contributed by atoms with Gasteiger partial charge in [-0.3, -0.25) is 4.79 Å². The lowest BCUT2D eigenvalue weighted by Gasteiger charge is -2.11. The fourth-order valence-corrected chi connectivity index (χ4v) is 1.96. The van der Waals surface area contributed by atoms with Gasteiger partial charge in [0.25, 0.3) is 0 Å². The highest BCUT2D eigenvalue weighted by Crippen LogP contribution is 2.16. The third-order valence-corrected chi connectivity index (χ3v) is 2.79.